The number of Topliss-reactive ketones (excluding diaryl/α,β-unsaturated/α-hetero) is 1. The van der Waals surface area contributed by atoms with Crippen LogP contribution in [0.25, 0.3) is 5.76 Å². The van der Waals surface area contributed by atoms with E-state index in [-0.39, 0.29) is 45.9 Å². The minimum Gasteiger partial charge on any atom is -0.507 e. The molecule has 204 valence electrons. The van der Waals surface area contributed by atoms with Crippen molar-refractivity contribution in [1.82, 2.24) is 4.98 Å². The monoisotopic (exact) mass is 552 g/mol. The minimum atomic E-state index is -1.14. The molecule has 1 fully saturated rings. The Hall–Kier alpha value is -4.38. The number of esters is 1. The molecular formula is C28H28N2O8S. The van der Waals surface area contributed by atoms with Gasteiger partial charge in [0.2, 0.25) is 0 Å². The van der Waals surface area contributed by atoms with Crippen LogP contribution >= 0.6 is 11.3 Å². The number of aromatic nitrogens is 1. The lowest BCUT2D eigenvalue weighted by Gasteiger charge is -2.23. The predicted molar refractivity (Wildman–Crippen MR) is 144 cm³/mol. The van der Waals surface area contributed by atoms with E-state index in [9.17, 15) is 24.6 Å². The molecule has 0 bridgehead atoms. The summed E-state index contributed by atoms with van der Waals surface area (Å²) >= 11 is 0.908. The van der Waals surface area contributed by atoms with Crippen LogP contribution in [-0.4, -0.2) is 52.7 Å². The Kier molecular flexibility index (Phi) is 8.20. The lowest BCUT2D eigenvalue weighted by molar-refractivity contribution is -0.132. The molecule has 10 nitrogen and oxygen atoms in total. The number of aromatic hydroxyl groups is 1. The number of aryl methyl sites for hydroxylation is 1. The van der Waals surface area contributed by atoms with Gasteiger partial charge in [-0.1, -0.05) is 29.5 Å². The summed E-state index contributed by atoms with van der Waals surface area (Å²) in [6.45, 7) is 7.66. The number of benzene rings is 2. The fraction of sp³-hybridized carbons (Fsp3) is 0.286. The Bertz CT molecular complexity index is 1460. The first kappa shape index (κ1) is 27.6. The van der Waals surface area contributed by atoms with Crippen molar-refractivity contribution in [3.63, 3.8) is 0 Å². The normalized spacial score (nSPS) is 16.4. The summed E-state index contributed by atoms with van der Waals surface area (Å²) in [7, 11) is 0. The van der Waals surface area contributed by atoms with Gasteiger partial charge in [-0.25, -0.2) is 9.78 Å². The zero-order valence-corrected chi connectivity index (χ0v) is 22.7. The summed E-state index contributed by atoms with van der Waals surface area (Å²) < 4.78 is 16.2. The molecule has 1 aliphatic heterocycles. The van der Waals surface area contributed by atoms with E-state index in [2.05, 4.69) is 4.98 Å². The predicted octanol–water partition coefficient (Wildman–Crippen LogP) is 4.76. The molecule has 0 saturated carbocycles. The summed E-state index contributed by atoms with van der Waals surface area (Å²) in [5, 5.41) is 21.7. The summed E-state index contributed by atoms with van der Waals surface area (Å²) in [4.78, 5) is 45.1. The van der Waals surface area contributed by atoms with Crippen molar-refractivity contribution < 1.29 is 38.8 Å². The Labute approximate surface area is 229 Å². The lowest BCUT2D eigenvalue weighted by Crippen LogP contribution is -2.29. The van der Waals surface area contributed by atoms with E-state index in [1.54, 1.807) is 45.0 Å². The molecule has 1 amide bonds. The van der Waals surface area contributed by atoms with Crippen LogP contribution in [0.15, 0.2) is 48.0 Å². The number of nitrogens with zero attached hydrogens (tertiary/aromatic N) is 2. The number of hydrogen-bond acceptors (Lipinski definition) is 10. The van der Waals surface area contributed by atoms with Crippen molar-refractivity contribution in [2.45, 2.75) is 33.7 Å². The van der Waals surface area contributed by atoms with Gasteiger partial charge in [-0.05, 0) is 57.5 Å². The maximum Gasteiger partial charge on any atom is 0.350 e. The van der Waals surface area contributed by atoms with E-state index in [4.69, 9.17) is 14.2 Å². The van der Waals surface area contributed by atoms with Crippen molar-refractivity contribution in [2.24, 2.45) is 0 Å². The number of ether oxygens (including phenoxy) is 3. The molecule has 1 aromatic heterocycles. The fourth-order valence-corrected chi connectivity index (χ4v) is 5.23. The molecule has 2 aromatic carbocycles. The number of phenolic OH excluding ortho intramolecular Hbond substituents is 1. The van der Waals surface area contributed by atoms with E-state index >= 15 is 0 Å². The van der Waals surface area contributed by atoms with E-state index in [0.29, 0.717) is 23.6 Å². The van der Waals surface area contributed by atoms with Crippen LogP contribution < -0.4 is 14.4 Å². The van der Waals surface area contributed by atoms with E-state index in [1.165, 1.54) is 18.2 Å². The van der Waals surface area contributed by atoms with Crippen molar-refractivity contribution in [3.05, 3.63) is 69.7 Å². The van der Waals surface area contributed by atoms with Crippen molar-refractivity contribution in [3.8, 4) is 17.2 Å². The molecule has 0 spiro atoms. The standard InChI is InChI=1S/C28H28N2O8S/c1-5-36-18-10-8-9-17(13-18)23(32)21-22(16-11-12-19(31)20(14-16)37-6-2)30(26(34)24(21)33)28-29-15(4)25(39-28)27(35)38-7-3/h8-14,22,31-32H,5-7H2,1-4H3. The fourth-order valence-electron chi connectivity index (χ4n) is 4.24. The van der Waals surface area contributed by atoms with E-state index in [0.717, 1.165) is 16.2 Å². The summed E-state index contributed by atoms with van der Waals surface area (Å²) in [6, 6.07) is 9.80. The molecule has 1 saturated heterocycles. The third-order valence-electron chi connectivity index (χ3n) is 5.91. The molecule has 39 heavy (non-hydrogen) atoms. The molecule has 2 heterocycles. The zero-order chi connectivity index (χ0) is 28.3. The third kappa shape index (κ3) is 5.30. The molecule has 1 unspecified atom stereocenters. The Morgan fingerprint density at radius 1 is 1.05 bits per heavy atom. The lowest BCUT2D eigenvalue weighted by atomic mass is 9.95. The highest BCUT2D eigenvalue weighted by molar-refractivity contribution is 7.17. The highest BCUT2D eigenvalue weighted by Gasteiger charge is 2.48. The van der Waals surface area contributed by atoms with Crippen LogP contribution in [0.3, 0.4) is 0 Å². The smallest absolute Gasteiger partial charge is 0.350 e. The maximum atomic E-state index is 13.5. The molecule has 0 radical (unpaired) electrons. The Morgan fingerprint density at radius 3 is 2.49 bits per heavy atom. The van der Waals surface area contributed by atoms with E-state index < -0.39 is 29.5 Å². The number of carbonyl (C=O) groups is 3. The van der Waals surface area contributed by atoms with Gasteiger partial charge in [-0.3, -0.25) is 14.5 Å². The van der Waals surface area contributed by atoms with Gasteiger partial charge in [0.05, 0.1) is 37.1 Å². The molecule has 1 aliphatic rings. The quantitative estimate of drug-likeness (QED) is 0.167. The first-order chi connectivity index (χ1) is 18.7. The Balaban J connectivity index is 1.93. The van der Waals surface area contributed by atoms with Gasteiger partial charge in [0.15, 0.2) is 16.6 Å². The van der Waals surface area contributed by atoms with Gasteiger partial charge in [0, 0.05) is 5.56 Å². The number of phenols is 1. The van der Waals surface area contributed by atoms with Crippen LogP contribution in [-0.2, 0) is 14.3 Å². The van der Waals surface area contributed by atoms with Gasteiger partial charge in [0.1, 0.15) is 16.4 Å². The maximum absolute atomic E-state index is 13.5. The summed E-state index contributed by atoms with van der Waals surface area (Å²) in [5.74, 6) is -2.38. The number of carbonyl (C=O) groups excluding carboxylic acids is 3. The highest BCUT2D eigenvalue weighted by Crippen LogP contribution is 2.45. The number of rotatable bonds is 9. The van der Waals surface area contributed by atoms with Gasteiger partial charge in [-0.15, -0.1) is 0 Å². The van der Waals surface area contributed by atoms with Gasteiger partial charge in [0.25, 0.3) is 5.78 Å². The third-order valence-corrected chi connectivity index (χ3v) is 7.05. The van der Waals surface area contributed by atoms with Crippen LogP contribution in [0.2, 0.25) is 0 Å². The molecule has 2 N–H and O–H groups in total. The Morgan fingerprint density at radius 2 is 1.79 bits per heavy atom. The largest absolute Gasteiger partial charge is 0.507 e. The molecule has 4 rings (SSSR count). The molecule has 1 atom stereocenters. The first-order valence-corrected chi connectivity index (χ1v) is 13.2. The molecular weight excluding hydrogens is 524 g/mol. The first-order valence-electron chi connectivity index (χ1n) is 12.4. The van der Waals surface area contributed by atoms with Crippen molar-refractivity contribution in [2.75, 3.05) is 24.7 Å². The number of aliphatic hydroxyl groups is 1. The van der Waals surface area contributed by atoms with Crippen molar-refractivity contribution in [1.29, 1.82) is 0 Å². The second-order valence-electron chi connectivity index (χ2n) is 8.42. The minimum absolute atomic E-state index is 0.0794. The van der Waals surface area contributed by atoms with Gasteiger partial charge < -0.3 is 24.4 Å². The highest BCUT2D eigenvalue weighted by atomic mass is 32.1. The van der Waals surface area contributed by atoms with Crippen LogP contribution in [0.1, 0.15) is 53.3 Å². The van der Waals surface area contributed by atoms with Crippen molar-refractivity contribution >= 4 is 39.9 Å². The number of hydrogen-bond donors (Lipinski definition) is 2. The van der Waals surface area contributed by atoms with Crippen LogP contribution in [0, 0.1) is 6.92 Å². The number of ketones is 1. The average molecular weight is 553 g/mol. The summed E-state index contributed by atoms with van der Waals surface area (Å²) in [5.41, 5.74) is 0.797. The van der Waals surface area contributed by atoms with E-state index in [1.807, 2.05) is 6.92 Å². The van der Waals surface area contributed by atoms with Crippen LogP contribution in [0.4, 0.5) is 5.13 Å². The second-order valence-corrected chi connectivity index (χ2v) is 9.40. The number of anilines is 1. The number of amides is 1. The van der Waals surface area contributed by atoms with Crippen LogP contribution in [0.5, 0.6) is 17.2 Å². The van der Waals surface area contributed by atoms with Gasteiger partial charge in [-0.2, -0.15) is 0 Å². The molecule has 0 aliphatic carbocycles. The zero-order valence-electron chi connectivity index (χ0n) is 21.9. The number of aliphatic hydroxyl groups excluding tert-OH is 1. The SMILES string of the molecule is CCOC(=O)c1sc(N2C(=O)C(=O)C(=C(O)c3cccc(OCC)c3)C2c2ccc(O)c(OCC)c2)nc1C. The average Bonchev–Trinajstić information content (AvgIpc) is 3.42. The molecule has 11 heteroatoms. The van der Waals surface area contributed by atoms with Gasteiger partial charge >= 0.3 is 11.9 Å². The second kappa shape index (κ2) is 11.6. The molecule has 3 aromatic rings. The summed E-state index contributed by atoms with van der Waals surface area (Å²) in [6.07, 6.45) is 0. The topological polar surface area (TPSA) is 135 Å². The number of thiazole rings is 1.